The lowest BCUT2D eigenvalue weighted by Gasteiger charge is -2.28. The van der Waals surface area contributed by atoms with Crippen molar-refractivity contribution in [2.75, 3.05) is 33.3 Å². The summed E-state index contributed by atoms with van der Waals surface area (Å²) in [5, 5.41) is 22.3. The minimum Gasteiger partial charge on any atom is -0.507 e. The molecule has 2 aromatic rings. The molecule has 1 fully saturated rings. The van der Waals surface area contributed by atoms with Crippen molar-refractivity contribution in [2.24, 2.45) is 0 Å². The van der Waals surface area contributed by atoms with E-state index in [1.165, 1.54) is 36.3 Å². The number of aryl methyl sites for hydroxylation is 1. The fraction of sp³-hybridized carbons (Fsp3) is 0.360. The molecule has 180 valence electrons. The summed E-state index contributed by atoms with van der Waals surface area (Å²) in [6.45, 7) is 8.22. The van der Waals surface area contributed by atoms with Crippen LogP contribution in [0.2, 0.25) is 0 Å². The number of aliphatic hydroxyl groups excluding tert-OH is 1. The standard InChI is InChI=1S/C25H29N3O6/c1-5-26(6-2)13-14-27-22(17-7-10-19(11-8-17)28(32)33)21(24(30)25(27)31)23(29)18-9-12-20(34-4)16(3)15-18/h7-12,15,22,29H,5-6,13-14H2,1-4H3/t22-/m0/s1. The normalized spacial score (nSPS) is 17.4. The van der Waals surface area contributed by atoms with E-state index in [4.69, 9.17) is 4.74 Å². The molecular weight excluding hydrogens is 438 g/mol. The van der Waals surface area contributed by atoms with Gasteiger partial charge in [0.25, 0.3) is 17.4 Å². The molecule has 0 aliphatic carbocycles. The maximum absolute atomic E-state index is 13.1. The molecule has 9 nitrogen and oxygen atoms in total. The second kappa shape index (κ2) is 10.5. The van der Waals surface area contributed by atoms with E-state index in [0.717, 1.165) is 18.7 Å². The van der Waals surface area contributed by atoms with Crippen molar-refractivity contribution in [3.8, 4) is 5.75 Å². The minimum absolute atomic E-state index is 0.0389. The van der Waals surface area contributed by atoms with E-state index >= 15 is 0 Å². The Labute approximate surface area is 198 Å². The van der Waals surface area contributed by atoms with Gasteiger partial charge in [0.05, 0.1) is 23.6 Å². The summed E-state index contributed by atoms with van der Waals surface area (Å²) in [6, 6.07) is 9.83. The van der Waals surface area contributed by atoms with E-state index in [1.54, 1.807) is 18.2 Å². The van der Waals surface area contributed by atoms with Crippen LogP contribution in [0.1, 0.15) is 36.6 Å². The van der Waals surface area contributed by atoms with Crippen LogP contribution in [-0.2, 0) is 9.59 Å². The largest absolute Gasteiger partial charge is 0.507 e. The van der Waals surface area contributed by atoms with Gasteiger partial charge in [-0.3, -0.25) is 19.7 Å². The van der Waals surface area contributed by atoms with Crippen LogP contribution in [0.15, 0.2) is 48.0 Å². The van der Waals surface area contributed by atoms with Gasteiger partial charge < -0.3 is 19.6 Å². The van der Waals surface area contributed by atoms with Crippen molar-refractivity contribution >= 4 is 23.1 Å². The number of likely N-dealkylation sites (tertiary alicyclic amines) is 1. The lowest BCUT2D eigenvalue weighted by Crippen LogP contribution is -2.38. The van der Waals surface area contributed by atoms with Crippen LogP contribution in [0.3, 0.4) is 0 Å². The van der Waals surface area contributed by atoms with Gasteiger partial charge in [0.2, 0.25) is 0 Å². The summed E-state index contributed by atoms with van der Waals surface area (Å²) in [5.74, 6) is -1.16. The second-order valence-corrected chi connectivity index (χ2v) is 8.05. The van der Waals surface area contributed by atoms with Crippen molar-refractivity contribution in [1.29, 1.82) is 0 Å². The number of ether oxygens (including phenoxy) is 1. The molecule has 1 saturated heterocycles. The van der Waals surface area contributed by atoms with Gasteiger partial charge in [0, 0.05) is 30.8 Å². The summed E-state index contributed by atoms with van der Waals surface area (Å²) in [6.07, 6.45) is 0. The third kappa shape index (κ3) is 4.79. The van der Waals surface area contributed by atoms with E-state index in [1.807, 2.05) is 20.8 Å². The van der Waals surface area contributed by atoms with Crippen LogP contribution in [0.4, 0.5) is 5.69 Å². The number of Topliss-reactive ketones (excluding diaryl/α,β-unsaturated/α-hetero) is 1. The van der Waals surface area contributed by atoms with Crippen LogP contribution in [0.5, 0.6) is 5.75 Å². The topological polar surface area (TPSA) is 113 Å². The molecule has 1 heterocycles. The third-order valence-electron chi connectivity index (χ3n) is 6.18. The highest BCUT2D eigenvalue weighted by molar-refractivity contribution is 6.46. The van der Waals surface area contributed by atoms with Gasteiger partial charge in [-0.1, -0.05) is 13.8 Å². The highest BCUT2D eigenvalue weighted by Gasteiger charge is 2.46. The molecule has 0 unspecified atom stereocenters. The number of hydrogen-bond donors (Lipinski definition) is 1. The number of nitro groups is 1. The molecule has 0 radical (unpaired) electrons. The Kier molecular flexibility index (Phi) is 7.68. The quantitative estimate of drug-likeness (QED) is 0.197. The first-order valence-electron chi connectivity index (χ1n) is 11.1. The van der Waals surface area contributed by atoms with Crippen molar-refractivity contribution in [1.82, 2.24) is 9.80 Å². The maximum atomic E-state index is 13.1. The molecule has 1 aliphatic rings. The zero-order valence-electron chi connectivity index (χ0n) is 19.8. The van der Waals surface area contributed by atoms with E-state index in [-0.39, 0.29) is 23.6 Å². The first-order valence-corrected chi connectivity index (χ1v) is 11.1. The van der Waals surface area contributed by atoms with Crippen molar-refractivity contribution in [3.05, 3.63) is 74.8 Å². The summed E-state index contributed by atoms with van der Waals surface area (Å²) >= 11 is 0. The number of rotatable bonds is 9. The van der Waals surface area contributed by atoms with Crippen LogP contribution >= 0.6 is 0 Å². The number of aliphatic hydroxyl groups is 1. The number of carbonyl (C=O) groups is 2. The highest BCUT2D eigenvalue weighted by atomic mass is 16.6. The number of amides is 1. The fourth-order valence-corrected chi connectivity index (χ4v) is 4.21. The Hall–Kier alpha value is -3.72. The van der Waals surface area contributed by atoms with Crippen molar-refractivity contribution in [3.63, 3.8) is 0 Å². The predicted molar refractivity (Wildman–Crippen MR) is 128 cm³/mol. The number of likely N-dealkylation sites (N-methyl/N-ethyl adjacent to an activating group) is 1. The number of nitrogens with zero attached hydrogens (tertiary/aromatic N) is 3. The summed E-state index contributed by atoms with van der Waals surface area (Å²) in [7, 11) is 1.54. The molecule has 1 atom stereocenters. The molecule has 0 saturated carbocycles. The van der Waals surface area contributed by atoms with Crippen LogP contribution < -0.4 is 4.74 Å². The number of ketones is 1. The van der Waals surface area contributed by atoms with E-state index in [9.17, 15) is 24.8 Å². The molecule has 34 heavy (non-hydrogen) atoms. The molecule has 2 aromatic carbocycles. The first kappa shape index (κ1) is 24.9. The number of hydrogen-bond acceptors (Lipinski definition) is 7. The fourth-order valence-electron chi connectivity index (χ4n) is 4.21. The highest BCUT2D eigenvalue weighted by Crippen LogP contribution is 2.40. The molecule has 0 bridgehead atoms. The summed E-state index contributed by atoms with van der Waals surface area (Å²) in [5.41, 5.74) is 1.51. The minimum atomic E-state index is -0.862. The molecule has 3 rings (SSSR count). The SMILES string of the molecule is CCN(CC)CCN1C(=O)C(=O)C(=C(O)c2ccc(OC)c(C)c2)[C@@H]1c1ccc([N+](=O)[O-])cc1. The summed E-state index contributed by atoms with van der Waals surface area (Å²) < 4.78 is 5.27. The van der Waals surface area contributed by atoms with E-state index in [2.05, 4.69) is 4.90 Å². The third-order valence-corrected chi connectivity index (χ3v) is 6.18. The lowest BCUT2D eigenvalue weighted by molar-refractivity contribution is -0.384. The number of benzene rings is 2. The molecule has 1 amide bonds. The average Bonchev–Trinajstić information content (AvgIpc) is 3.09. The van der Waals surface area contributed by atoms with Gasteiger partial charge in [-0.15, -0.1) is 0 Å². The second-order valence-electron chi connectivity index (χ2n) is 8.05. The zero-order chi connectivity index (χ0) is 25.0. The van der Waals surface area contributed by atoms with E-state index in [0.29, 0.717) is 23.4 Å². The molecule has 1 aliphatic heterocycles. The Morgan fingerprint density at radius 1 is 1.15 bits per heavy atom. The van der Waals surface area contributed by atoms with E-state index < -0.39 is 22.7 Å². The van der Waals surface area contributed by atoms with Crippen LogP contribution in [0.25, 0.3) is 5.76 Å². The Morgan fingerprint density at radius 3 is 2.32 bits per heavy atom. The summed E-state index contributed by atoms with van der Waals surface area (Å²) in [4.78, 5) is 40.3. The number of methoxy groups -OCH3 is 1. The molecule has 1 N–H and O–H groups in total. The Bertz CT molecular complexity index is 1120. The molecule has 9 heteroatoms. The Morgan fingerprint density at radius 2 is 1.79 bits per heavy atom. The average molecular weight is 468 g/mol. The predicted octanol–water partition coefficient (Wildman–Crippen LogP) is 3.68. The number of non-ortho nitro benzene ring substituents is 1. The first-order chi connectivity index (χ1) is 16.2. The number of nitro benzene ring substituents is 1. The molecular formula is C25H29N3O6. The van der Waals surface area contributed by atoms with Gasteiger partial charge in [-0.05, 0) is 61.5 Å². The van der Waals surface area contributed by atoms with Gasteiger partial charge >= 0.3 is 0 Å². The lowest BCUT2D eigenvalue weighted by atomic mass is 9.94. The van der Waals surface area contributed by atoms with Gasteiger partial charge in [-0.25, -0.2) is 0 Å². The smallest absolute Gasteiger partial charge is 0.295 e. The van der Waals surface area contributed by atoms with Gasteiger partial charge in [0.1, 0.15) is 11.5 Å². The zero-order valence-corrected chi connectivity index (χ0v) is 19.8. The van der Waals surface area contributed by atoms with Crippen molar-refractivity contribution < 1.29 is 24.4 Å². The molecule has 0 spiro atoms. The van der Waals surface area contributed by atoms with Crippen molar-refractivity contribution in [2.45, 2.75) is 26.8 Å². The monoisotopic (exact) mass is 467 g/mol. The van der Waals surface area contributed by atoms with Gasteiger partial charge in [-0.2, -0.15) is 0 Å². The van der Waals surface area contributed by atoms with Crippen LogP contribution in [0, 0.1) is 17.0 Å². The van der Waals surface area contributed by atoms with Gasteiger partial charge in [0.15, 0.2) is 0 Å². The number of carbonyl (C=O) groups excluding carboxylic acids is 2. The maximum Gasteiger partial charge on any atom is 0.295 e. The Balaban J connectivity index is 2.12. The van der Waals surface area contributed by atoms with Crippen LogP contribution in [-0.4, -0.2) is 64.8 Å². The molecule has 0 aromatic heterocycles.